The SMILES string of the molecule is Cn1cc(-c2ccc([N+](=O)[O-])cc2)nc2c(=O)n(C)c(=O)nc1-2. The number of hydrogen-bond acceptors (Lipinski definition) is 6. The van der Waals surface area contributed by atoms with Crippen LogP contribution in [0.2, 0.25) is 0 Å². The van der Waals surface area contributed by atoms with E-state index in [0.717, 1.165) is 4.57 Å². The van der Waals surface area contributed by atoms with Crippen molar-refractivity contribution in [1.29, 1.82) is 0 Å². The molecule has 0 aliphatic carbocycles. The maximum absolute atomic E-state index is 12.2. The number of aromatic nitrogens is 4. The van der Waals surface area contributed by atoms with Crippen LogP contribution in [-0.4, -0.2) is 24.0 Å². The van der Waals surface area contributed by atoms with Gasteiger partial charge in [-0.1, -0.05) is 0 Å². The molecule has 2 aliphatic rings. The van der Waals surface area contributed by atoms with E-state index >= 15 is 0 Å². The Morgan fingerprint density at radius 1 is 1.09 bits per heavy atom. The Balaban J connectivity index is 2.24. The van der Waals surface area contributed by atoms with Crippen molar-refractivity contribution in [1.82, 2.24) is 19.1 Å². The standard InChI is InChI=1S/C14H11N5O4/c1-17-7-10(8-3-5-9(6-4-8)19(22)23)15-11-12(17)16-14(21)18(2)13(11)20/h3-7H,1-2H3. The molecule has 2 aliphatic heterocycles. The third-order valence-corrected chi connectivity index (χ3v) is 3.46. The Morgan fingerprint density at radius 3 is 2.35 bits per heavy atom. The van der Waals surface area contributed by atoms with E-state index in [0.29, 0.717) is 11.3 Å². The van der Waals surface area contributed by atoms with Crippen molar-refractivity contribution >= 4 is 5.69 Å². The van der Waals surface area contributed by atoms with Crippen LogP contribution in [0.15, 0.2) is 40.1 Å². The number of fused-ring (bicyclic) bond motifs is 1. The van der Waals surface area contributed by atoms with Gasteiger partial charge in [-0.15, -0.1) is 0 Å². The molecule has 0 amide bonds. The average molecular weight is 313 g/mol. The Hall–Kier alpha value is -3.36. The van der Waals surface area contributed by atoms with E-state index in [-0.39, 0.29) is 17.2 Å². The summed E-state index contributed by atoms with van der Waals surface area (Å²) in [6.07, 6.45) is 1.61. The Kier molecular flexibility index (Phi) is 3.25. The summed E-state index contributed by atoms with van der Waals surface area (Å²) in [4.78, 5) is 42.1. The molecule has 0 saturated carbocycles. The fraction of sp³-hybridized carbons (Fsp3) is 0.143. The highest BCUT2D eigenvalue weighted by Crippen LogP contribution is 2.23. The molecule has 1 aromatic rings. The van der Waals surface area contributed by atoms with Gasteiger partial charge >= 0.3 is 5.69 Å². The van der Waals surface area contributed by atoms with Crippen molar-refractivity contribution in [2.75, 3.05) is 0 Å². The monoisotopic (exact) mass is 313 g/mol. The third-order valence-electron chi connectivity index (χ3n) is 3.46. The van der Waals surface area contributed by atoms with Gasteiger partial charge in [-0.2, -0.15) is 4.98 Å². The Morgan fingerprint density at radius 2 is 1.74 bits per heavy atom. The van der Waals surface area contributed by atoms with Gasteiger partial charge in [0.25, 0.3) is 11.2 Å². The van der Waals surface area contributed by atoms with Gasteiger partial charge < -0.3 is 4.57 Å². The van der Waals surface area contributed by atoms with E-state index in [9.17, 15) is 19.7 Å². The topological polar surface area (TPSA) is 113 Å². The second kappa shape index (κ2) is 5.13. The van der Waals surface area contributed by atoms with E-state index in [1.807, 2.05) is 0 Å². The highest BCUT2D eigenvalue weighted by Gasteiger charge is 2.18. The second-order valence-corrected chi connectivity index (χ2v) is 4.97. The molecule has 0 spiro atoms. The van der Waals surface area contributed by atoms with Gasteiger partial charge in [-0.05, 0) is 12.1 Å². The van der Waals surface area contributed by atoms with E-state index in [2.05, 4.69) is 9.97 Å². The molecule has 2 heterocycles. The first-order valence-electron chi connectivity index (χ1n) is 6.57. The summed E-state index contributed by atoms with van der Waals surface area (Å²) in [6.45, 7) is 0. The molecule has 0 atom stereocenters. The smallest absolute Gasteiger partial charge is 0.332 e. The lowest BCUT2D eigenvalue weighted by molar-refractivity contribution is -0.384. The lowest BCUT2D eigenvalue weighted by Gasteiger charge is -2.12. The van der Waals surface area contributed by atoms with Gasteiger partial charge in [0.05, 0.1) is 10.6 Å². The summed E-state index contributed by atoms with van der Waals surface area (Å²) < 4.78 is 2.41. The molecule has 0 fully saturated rings. The van der Waals surface area contributed by atoms with Crippen LogP contribution in [-0.2, 0) is 14.1 Å². The maximum Gasteiger partial charge on any atom is 0.352 e. The normalized spacial score (nSPS) is 10.9. The highest BCUT2D eigenvalue weighted by molar-refractivity contribution is 5.64. The van der Waals surface area contributed by atoms with E-state index in [1.54, 1.807) is 25.4 Å². The minimum Gasteiger partial charge on any atom is -0.332 e. The number of non-ortho nitro benzene ring substituents is 1. The van der Waals surface area contributed by atoms with Crippen LogP contribution in [0.3, 0.4) is 0 Å². The van der Waals surface area contributed by atoms with Gasteiger partial charge in [0.15, 0.2) is 11.5 Å². The summed E-state index contributed by atoms with van der Waals surface area (Å²) in [6, 6.07) is 5.81. The van der Waals surface area contributed by atoms with Crippen LogP contribution in [0.25, 0.3) is 22.8 Å². The highest BCUT2D eigenvalue weighted by atomic mass is 16.6. The molecule has 0 aromatic heterocycles. The molecule has 9 nitrogen and oxygen atoms in total. The number of rotatable bonds is 2. The van der Waals surface area contributed by atoms with Gasteiger partial charge in [0, 0.05) is 38.0 Å². The number of aryl methyl sites for hydroxylation is 1. The predicted octanol–water partition coefficient (Wildman–Crippen LogP) is 0.554. The molecule has 3 rings (SSSR count). The molecule has 0 radical (unpaired) electrons. The lowest BCUT2D eigenvalue weighted by atomic mass is 10.1. The fourth-order valence-electron chi connectivity index (χ4n) is 2.19. The van der Waals surface area contributed by atoms with Gasteiger partial charge in [0.1, 0.15) is 0 Å². The van der Waals surface area contributed by atoms with Gasteiger partial charge in [-0.3, -0.25) is 19.5 Å². The molecular formula is C14H11N5O4. The van der Waals surface area contributed by atoms with Crippen LogP contribution in [0, 0.1) is 10.1 Å². The third kappa shape index (κ3) is 2.37. The van der Waals surface area contributed by atoms with Crippen LogP contribution < -0.4 is 11.2 Å². The van der Waals surface area contributed by atoms with Crippen molar-refractivity contribution in [3.8, 4) is 22.8 Å². The fourth-order valence-corrected chi connectivity index (χ4v) is 2.19. The number of nitro groups is 1. The molecular weight excluding hydrogens is 302 g/mol. The molecule has 23 heavy (non-hydrogen) atoms. The summed E-state index contributed by atoms with van der Waals surface area (Å²) in [5.41, 5.74) is -0.103. The molecule has 1 aromatic carbocycles. The number of hydrogen-bond donors (Lipinski definition) is 0. The number of nitro benzene ring substituents is 1. The summed E-state index contributed by atoms with van der Waals surface area (Å²) >= 11 is 0. The zero-order valence-corrected chi connectivity index (χ0v) is 12.3. The van der Waals surface area contributed by atoms with E-state index in [1.165, 1.54) is 23.7 Å². The van der Waals surface area contributed by atoms with Crippen LogP contribution in [0.1, 0.15) is 0 Å². The lowest BCUT2D eigenvalue weighted by Crippen LogP contribution is -2.36. The van der Waals surface area contributed by atoms with E-state index in [4.69, 9.17) is 0 Å². The average Bonchev–Trinajstić information content (AvgIpc) is 2.53. The van der Waals surface area contributed by atoms with Crippen molar-refractivity contribution in [3.05, 3.63) is 61.4 Å². The summed E-state index contributed by atoms with van der Waals surface area (Å²) in [5.74, 6) is 0.184. The predicted molar refractivity (Wildman–Crippen MR) is 81.2 cm³/mol. The van der Waals surface area contributed by atoms with Crippen molar-refractivity contribution in [2.45, 2.75) is 0 Å². The summed E-state index contributed by atoms with van der Waals surface area (Å²) in [7, 11) is 2.97. The largest absolute Gasteiger partial charge is 0.352 e. The molecule has 116 valence electrons. The van der Waals surface area contributed by atoms with Crippen LogP contribution in [0.5, 0.6) is 0 Å². The first-order chi connectivity index (χ1) is 10.9. The van der Waals surface area contributed by atoms with E-state index < -0.39 is 16.2 Å². The van der Waals surface area contributed by atoms with Crippen molar-refractivity contribution in [2.24, 2.45) is 14.1 Å². The number of nitrogens with zero attached hydrogens (tertiary/aromatic N) is 5. The van der Waals surface area contributed by atoms with Crippen LogP contribution >= 0.6 is 0 Å². The Bertz CT molecular complexity index is 1000. The minimum atomic E-state index is -0.650. The minimum absolute atomic E-state index is 0.0347. The number of benzene rings is 1. The maximum atomic E-state index is 12.2. The van der Waals surface area contributed by atoms with Crippen LogP contribution in [0.4, 0.5) is 5.69 Å². The zero-order valence-electron chi connectivity index (χ0n) is 12.3. The molecule has 9 heteroatoms. The van der Waals surface area contributed by atoms with Gasteiger partial charge in [-0.25, -0.2) is 9.78 Å². The molecule has 0 N–H and O–H groups in total. The summed E-state index contributed by atoms with van der Waals surface area (Å²) in [5, 5.41) is 10.7. The molecule has 0 saturated heterocycles. The zero-order chi connectivity index (χ0) is 16.7. The molecule has 0 bridgehead atoms. The molecule has 0 unspecified atom stereocenters. The first kappa shape index (κ1) is 14.6. The van der Waals surface area contributed by atoms with Crippen molar-refractivity contribution in [3.63, 3.8) is 0 Å². The Labute approximate surface area is 129 Å². The second-order valence-electron chi connectivity index (χ2n) is 4.97. The van der Waals surface area contributed by atoms with Crippen molar-refractivity contribution < 1.29 is 4.92 Å². The quantitative estimate of drug-likeness (QED) is 0.504. The first-order valence-corrected chi connectivity index (χ1v) is 6.57. The van der Waals surface area contributed by atoms with Gasteiger partial charge in [0.2, 0.25) is 0 Å².